The van der Waals surface area contributed by atoms with Gasteiger partial charge in [-0.3, -0.25) is 0 Å². The molecule has 0 amide bonds. The first kappa shape index (κ1) is 20.1. The van der Waals surface area contributed by atoms with Gasteiger partial charge in [-0.1, -0.05) is 95.0 Å². The van der Waals surface area contributed by atoms with Gasteiger partial charge in [0, 0.05) is 0 Å². The lowest BCUT2D eigenvalue weighted by atomic mass is 10.1. The van der Waals surface area contributed by atoms with Crippen molar-refractivity contribution in [1.82, 2.24) is 0 Å². The lowest BCUT2D eigenvalue weighted by molar-refractivity contribution is 0.571. The summed E-state index contributed by atoms with van der Waals surface area (Å²) >= 11 is 13.2. The zero-order valence-electron chi connectivity index (χ0n) is 14.1. The monoisotopic (exact) mass is 358 g/mol. The van der Waals surface area contributed by atoms with Crippen molar-refractivity contribution in [2.75, 3.05) is 0 Å². The summed E-state index contributed by atoms with van der Waals surface area (Å²) in [5.41, 5.74) is 1.35. The standard InChI is InChI=1S/C19H32Cl2Si/c1-2-3-4-5-6-7-8-9-13-17-22(20,21)18-16-19-14-11-10-12-15-19/h10-12,14-15H,2-9,13,16-18H2,1H3. The second kappa shape index (κ2) is 12.4. The van der Waals surface area contributed by atoms with E-state index in [4.69, 9.17) is 22.2 Å². The molecule has 0 saturated carbocycles. The quantitative estimate of drug-likeness (QED) is 0.192. The van der Waals surface area contributed by atoms with Gasteiger partial charge >= 0.3 is 0 Å². The maximum atomic E-state index is 6.59. The number of rotatable bonds is 13. The van der Waals surface area contributed by atoms with Crippen LogP contribution in [-0.2, 0) is 6.42 Å². The summed E-state index contributed by atoms with van der Waals surface area (Å²) in [6.07, 6.45) is 13.2. The van der Waals surface area contributed by atoms with Crippen molar-refractivity contribution in [2.24, 2.45) is 0 Å². The van der Waals surface area contributed by atoms with Gasteiger partial charge in [-0.05, 0) is 24.1 Å². The van der Waals surface area contributed by atoms with Gasteiger partial charge in [0.15, 0.2) is 0 Å². The average molecular weight is 359 g/mol. The molecular formula is C19H32Cl2Si. The van der Waals surface area contributed by atoms with E-state index < -0.39 is 6.69 Å². The summed E-state index contributed by atoms with van der Waals surface area (Å²) in [5, 5.41) is 0. The summed E-state index contributed by atoms with van der Waals surface area (Å²) in [6, 6.07) is 12.6. The fourth-order valence-corrected chi connectivity index (χ4v) is 5.83. The second-order valence-electron chi connectivity index (χ2n) is 6.42. The van der Waals surface area contributed by atoms with Crippen LogP contribution in [0.15, 0.2) is 30.3 Å². The van der Waals surface area contributed by atoms with Crippen LogP contribution in [0.2, 0.25) is 12.1 Å². The molecule has 0 heterocycles. The van der Waals surface area contributed by atoms with Crippen molar-refractivity contribution in [3.05, 3.63) is 35.9 Å². The number of benzene rings is 1. The molecule has 126 valence electrons. The Hall–Kier alpha value is 0.0169. The van der Waals surface area contributed by atoms with Gasteiger partial charge in [-0.25, -0.2) is 0 Å². The van der Waals surface area contributed by atoms with Crippen LogP contribution in [0.3, 0.4) is 0 Å². The molecule has 0 unspecified atom stereocenters. The van der Waals surface area contributed by atoms with E-state index in [-0.39, 0.29) is 0 Å². The average Bonchev–Trinajstić information content (AvgIpc) is 2.52. The minimum absolute atomic E-state index is 0.983. The molecule has 0 aliphatic rings. The number of aryl methyl sites for hydroxylation is 1. The normalized spacial score (nSPS) is 11.8. The lowest BCUT2D eigenvalue weighted by Gasteiger charge is -2.16. The van der Waals surface area contributed by atoms with Crippen molar-refractivity contribution in [1.29, 1.82) is 0 Å². The molecule has 0 saturated heterocycles. The summed E-state index contributed by atoms with van der Waals surface area (Å²) in [7, 11) is 0. The summed E-state index contributed by atoms with van der Waals surface area (Å²) in [6.45, 7) is 0.242. The summed E-state index contributed by atoms with van der Waals surface area (Å²) < 4.78 is 0. The highest BCUT2D eigenvalue weighted by atomic mass is 35.7. The van der Waals surface area contributed by atoms with Crippen LogP contribution in [0.4, 0.5) is 0 Å². The van der Waals surface area contributed by atoms with Gasteiger partial charge in [0.2, 0.25) is 0 Å². The smallest absolute Gasteiger partial charge is 0.146 e. The number of unbranched alkanes of at least 4 members (excludes halogenated alkanes) is 8. The third kappa shape index (κ3) is 10.7. The first-order valence-corrected chi connectivity index (χ1v) is 13.5. The van der Waals surface area contributed by atoms with E-state index in [1.54, 1.807) is 0 Å². The van der Waals surface area contributed by atoms with E-state index in [9.17, 15) is 0 Å². The molecule has 0 aliphatic carbocycles. The van der Waals surface area contributed by atoms with Crippen molar-refractivity contribution in [3.8, 4) is 0 Å². The minimum atomic E-state index is -2.03. The molecule has 1 aromatic rings. The van der Waals surface area contributed by atoms with Gasteiger partial charge in [-0.15, -0.1) is 22.2 Å². The molecular weight excluding hydrogens is 327 g/mol. The van der Waals surface area contributed by atoms with Gasteiger partial charge in [0.1, 0.15) is 0 Å². The topological polar surface area (TPSA) is 0 Å². The van der Waals surface area contributed by atoms with Crippen LogP contribution in [0, 0.1) is 0 Å². The van der Waals surface area contributed by atoms with Gasteiger partial charge in [0.25, 0.3) is 6.69 Å². The zero-order chi connectivity index (χ0) is 16.1. The Morgan fingerprint density at radius 3 is 1.86 bits per heavy atom. The molecule has 0 aromatic heterocycles. The molecule has 0 spiro atoms. The largest absolute Gasteiger partial charge is 0.251 e. The van der Waals surface area contributed by atoms with Crippen LogP contribution < -0.4 is 0 Å². The fraction of sp³-hybridized carbons (Fsp3) is 0.684. The third-order valence-electron chi connectivity index (χ3n) is 4.27. The Kier molecular flexibility index (Phi) is 11.3. The molecule has 0 fully saturated rings. The summed E-state index contributed by atoms with van der Waals surface area (Å²) in [5.74, 6) is 0. The van der Waals surface area contributed by atoms with E-state index in [2.05, 4.69) is 37.3 Å². The molecule has 0 aliphatic heterocycles. The van der Waals surface area contributed by atoms with E-state index >= 15 is 0 Å². The highest BCUT2D eigenvalue weighted by Gasteiger charge is 2.27. The van der Waals surface area contributed by atoms with Gasteiger partial charge in [0.05, 0.1) is 0 Å². The Bertz CT molecular complexity index is 365. The van der Waals surface area contributed by atoms with E-state index in [1.165, 1.54) is 63.4 Å². The highest BCUT2D eigenvalue weighted by Crippen LogP contribution is 2.29. The van der Waals surface area contributed by atoms with Gasteiger partial charge < -0.3 is 0 Å². The first-order valence-electron chi connectivity index (χ1n) is 9.06. The SMILES string of the molecule is CCCCCCCCCCC[Si](Cl)(Cl)CCc1ccccc1. The van der Waals surface area contributed by atoms with E-state index in [0.29, 0.717) is 0 Å². The van der Waals surface area contributed by atoms with Crippen molar-refractivity contribution in [3.63, 3.8) is 0 Å². The third-order valence-corrected chi connectivity index (χ3v) is 8.60. The Morgan fingerprint density at radius 2 is 1.27 bits per heavy atom. The van der Waals surface area contributed by atoms with Crippen LogP contribution in [0.5, 0.6) is 0 Å². The van der Waals surface area contributed by atoms with E-state index in [0.717, 1.165) is 18.5 Å². The predicted octanol–water partition coefficient (Wildman–Crippen LogP) is 7.68. The molecule has 1 rings (SSSR count). The van der Waals surface area contributed by atoms with Crippen LogP contribution >= 0.6 is 22.2 Å². The first-order chi connectivity index (χ1) is 10.6. The van der Waals surface area contributed by atoms with Crippen molar-refractivity contribution >= 4 is 28.9 Å². The van der Waals surface area contributed by atoms with Crippen LogP contribution in [-0.4, -0.2) is 6.69 Å². The predicted molar refractivity (Wildman–Crippen MR) is 104 cm³/mol. The molecule has 0 bridgehead atoms. The Morgan fingerprint density at radius 1 is 0.727 bits per heavy atom. The maximum Gasteiger partial charge on any atom is 0.251 e. The van der Waals surface area contributed by atoms with E-state index in [1.807, 2.05) is 0 Å². The molecule has 0 radical (unpaired) electrons. The Balaban J connectivity index is 2.00. The molecule has 0 atom stereocenters. The van der Waals surface area contributed by atoms with Crippen molar-refractivity contribution < 1.29 is 0 Å². The molecule has 0 N–H and O–H groups in total. The fourth-order valence-electron chi connectivity index (χ4n) is 2.79. The number of halogens is 2. The van der Waals surface area contributed by atoms with Crippen LogP contribution in [0.25, 0.3) is 0 Å². The van der Waals surface area contributed by atoms with Crippen LogP contribution in [0.1, 0.15) is 70.3 Å². The molecule has 1 aromatic carbocycles. The van der Waals surface area contributed by atoms with Gasteiger partial charge in [-0.2, -0.15) is 0 Å². The number of hydrogen-bond donors (Lipinski definition) is 0. The molecule has 3 heteroatoms. The summed E-state index contributed by atoms with van der Waals surface area (Å²) in [4.78, 5) is 0. The molecule has 0 nitrogen and oxygen atoms in total. The Labute approximate surface area is 148 Å². The highest BCUT2D eigenvalue weighted by molar-refractivity contribution is 7.45. The number of hydrogen-bond acceptors (Lipinski definition) is 0. The minimum Gasteiger partial charge on any atom is -0.146 e. The lowest BCUT2D eigenvalue weighted by Crippen LogP contribution is -2.19. The second-order valence-corrected chi connectivity index (χ2v) is 14.1. The molecule has 22 heavy (non-hydrogen) atoms. The maximum absolute atomic E-state index is 6.59. The van der Waals surface area contributed by atoms with Crippen molar-refractivity contribution in [2.45, 2.75) is 83.2 Å². The zero-order valence-corrected chi connectivity index (χ0v) is 16.6.